The van der Waals surface area contributed by atoms with E-state index in [1.165, 1.54) is 0 Å². The molecule has 1 aliphatic heterocycles. The lowest BCUT2D eigenvalue weighted by molar-refractivity contribution is -0.155. The van der Waals surface area contributed by atoms with Crippen molar-refractivity contribution in [3.05, 3.63) is 66.6 Å². The molecule has 2 amide bonds. The van der Waals surface area contributed by atoms with Crippen LogP contribution in [0, 0.1) is 0 Å². The Morgan fingerprint density at radius 1 is 1.06 bits per heavy atom. The van der Waals surface area contributed by atoms with E-state index in [9.17, 15) is 14.4 Å². The number of imide groups is 1. The first kappa shape index (κ1) is 21.6. The molecule has 0 atom stereocenters. The van der Waals surface area contributed by atoms with Gasteiger partial charge in [-0.05, 0) is 45.0 Å². The molecule has 0 bridgehead atoms. The van der Waals surface area contributed by atoms with E-state index in [-0.39, 0.29) is 23.7 Å². The van der Waals surface area contributed by atoms with E-state index in [1.807, 2.05) is 74.0 Å². The van der Waals surface area contributed by atoms with Crippen molar-refractivity contribution in [2.24, 2.45) is 0 Å². The molecule has 1 N–H and O–H groups in total. The number of aryl methyl sites for hydroxylation is 1. The van der Waals surface area contributed by atoms with Crippen molar-refractivity contribution in [2.45, 2.75) is 39.3 Å². The Hall–Kier alpha value is -4.20. The Morgan fingerprint density at radius 3 is 2.65 bits per heavy atom. The van der Waals surface area contributed by atoms with Gasteiger partial charge in [-0.25, -0.2) is 4.98 Å². The number of carbonyl (C=O) groups is 3. The molecular weight excluding hydrogens is 432 g/mol. The summed E-state index contributed by atoms with van der Waals surface area (Å²) < 4.78 is 9.00. The highest BCUT2D eigenvalue weighted by Crippen LogP contribution is 2.35. The Kier molecular flexibility index (Phi) is 5.08. The maximum atomic E-state index is 13.0. The maximum absolute atomic E-state index is 13.0. The number of amides is 2. The van der Waals surface area contributed by atoms with Crippen LogP contribution in [0.3, 0.4) is 0 Å². The molecule has 0 spiro atoms. The third kappa shape index (κ3) is 3.77. The van der Waals surface area contributed by atoms with Crippen LogP contribution in [0.1, 0.15) is 32.8 Å². The average molecular weight is 457 g/mol. The fourth-order valence-electron chi connectivity index (χ4n) is 4.31. The number of aromatic nitrogens is 3. The highest BCUT2D eigenvalue weighted by molar-refractivity contribution is 6.47. The van der Waals surface area contributed by atoms with Gasteiger partial charge in [-0.3, -0.25) is 24.3 Å². The summed E-state index contributed by atoms with van der Waals surface area (Å²) in [5.41, 5.74) is 2.02. The molecule has 8 heteroatoms. The van der Waals surface area contributed by atoms with Crippen molar-refractivity contribution in [1.82, 2.24) is 19.4 Å². The van der Waals surface area contributed by atoms with E-state index in [0.717, 1.165) is 16.3 Å². The van der Waals surface area contributed by atoms with Gasteiger partial charge < -0.3 is 9.30 Å². The number of benzene rings is 1. The van der Waals surface area contributed by atoms with Gasteiger partial charge >= 0.3 is 5.97 Å². The minimum Gasteiger partial charge on any atom is -0.460 e. The summed E-state index contributed by atoms with van der Waals surface area (Å²) in [6, 6.07) is 13.2. The number of rotatable bonds is 5. The molecule has 34 heavy (non-hydrogen) atoms. The Labute approximate surface area is 195 Å². The number of hydrogen-bond donors (Lipinski definition) is 1. The largest absolute Gasteiger partial charge is 0.460 e. The van der Waals surface area contributed by atoms with Crippen LogP contribution >= 0.6 is 0 Å². The standard InChI is InChI=1S/C26H24N4O4/c1-26(2,3)34-20(31)11-13-29-15-18(17-8-4-5-9-19(17)29)21-22(25(33)28-24(21)32)30-14-10-16-7-6-12-27-23(16)30/h4-10,12,14-15H,11,13H2,1-3H3,(H,28,32,33). The highest BCUT2D eigenvalue weighted by Gasteiger charge is 2.35. The molecule has 172 valence electrons. The van der Waals surface area contributed by atoms with Crippen molar-refractivity contribution < 1.29 is 19.1 Å². The molecule has 3 aromatic heterocycles. The first-order chi connectivity index (χ1) is 16.2. The second kappa shape index (κ2) is 7.98. The van der Waals surface area contributed by atoms with Gasteiger partial charge in [0.15, 0.2) is 0 Å². The van der Waals surface area contributed by atoms with Crippen LogP contribution in [-0.4, -0.2) is 37.5 Å². The number of esters is 1. The number of para-hydroxylation sites is 1. The number of nitrogens with zero attached hydrogens (tertiary/aromatic N) is 3. The number of carbonyl (C=O) groups excluding carboxylic acids is 3. The predicted molar refractivity (Wildman–Crippen MR) is 128 cm³/mol. The average Bonchev–Trinajstić information content (AvgIpc) is 3.44. The first-order valence-electron chi connectivity index (χ1n) is 11.1. The van der Waals surface area contributed by atoms with Crippen molar-refractivity contribution >= 4 is 51.0 Å². The van der Waals surface area contributed by atoms with E-state index in [1.54, 1.807) is 17.0 Å². The van der Waals surface area contributed by atoms with Gasteiger partial charge in [0.05, 0.1) is 12.0 Å². The Balaban J connectivity index is 1.62. The summed E-state index contributed by atoms with van der Waals surface area (Å²) in [5, 5.41) is 4.11. The van der Waals surface area contributed by atoms with Gasteiger partial charge in [0.25, 0.3) is 11.8 Å². The number of nitrogens with one attached hydrogen (secondary N) is 1. The second-order valence-corrected chi connectivity index (χ2v) is 9.20. The molecule has 8 nitrogen and oxygen atoms in total. The molecule has 1 aliphatic rings. The van der Waals surface area contributed by atoms with E-state index in [2.05, 4.69) is 10.3 Å². The van der Waals surface area contributed by atoms with Crippen molar-refractivity contribution in [3.63, 3.8) is 0 Å². The molecule has 5 rings (SSSR count). The summed E-state index contributed by atoms with van der Waals surface area (Å²) in [4.78, 5) is 42.6. The van der Waals surface area contributed by atoms with Crippen LogP contribution < -0.4 is 5.32 Å². The number of hydrogen-bond acceptors (Lipinski definition) is 5. The zero-order valence-electron chi connectivity index (χ0n) is 19.2. The van der Waals surface area contributed by atoms with Crippen LogP contribution in [0.25, 0.3) is 33.2 Å². The molecule has 0 radical (unpaired) electrons. The molecule has 4 heterocycles. The van der Waals surface area contributed by atoms with Crippen molar-refractivity contribution in [1.29, 1.82) is 0 Å². The molecule has 0 saturated carbocycles. The summed E-state index contributed by atoms with van der Waals surface area (Å²) >= 11 is 0. The van der Waals surface area contributed by atoms with Gasteiger partial charge in [0.2, 0.25) is 0 Å². The lowest BCUT2D eigenvalue weighted by Crippen LogP contribution is -2.24. The molecule has 0 unspecified atom stereocenters. The van der Waals surface area contributed by atoms with E-state index in [4.69, 9.17) is 4.74 Å². The van der Waals surface area contributed by atoms with Crippen LogP contribution in [0.15, 0.2) is 61.1 Å². The SMILES string of the molecule is CC(C)(C)OC(=O)CCn1cc(C2=C(n3ccc4cccnc43)C(=O)NC2=O)c2ccccc21. The minimum absolute atomic E-state index is 0.179. The molecule has 0 fully saturated rings. The van der Waals surface area contributed by atoms with Gasteiger partial charge in [-0.2, -0.15) is 0 Å². The Bertz CT molecular complexity index is 1500. The lowest BCUT2D eigenvalue weighted by Gasteiger charge is -2.19. The molecule has 0 saturated heterocycles. The van der Waals surface area contributed by atoms with E-state index >= 15 is 0 Å². The second-order valence-electron chi connectivity index (χ2n) is 9.20. The van der Waals surface area contributed by atoms with Gasteiger partial charge in [-0.1, -0.05) is 18.2 Å². The summed E-state index contributed by atoms with van der Waals surface area (Å²) in [6.07, 6.45) is 5.39. The molecular formula is C26H24N4O4. The minimum atomic E-state index is -0.559. The van der Waals surface area contributed by atoms with Crippen LogP contribution in [0.5, 0.6) is 0 Å². The third-order valence-corrected chi connectivity index (χ3v) is 5.63. The fraction of sp³-hybridized carbons (Fsp3) is 0.231. The zero-order chi connectivity index (χ0) is 24.0. The third-order valence-electron chi connectivity index (χ3n) is 5.63. The highest BCUT2D eigenvalue weighted by atomic mass is 16.6. The molecule has 4 aromatic rings. The zero-order valence-corrected chi connectivity index (χ0v) is 19.2. The smallest absolute Gasteiger partial charge is 0.308 e. The maximum Gasteiger partial charge on any atom is 0.308 e. The number of fused-ring (bicyclic) bond motifs is 2. The predicted octanol–water partition coefficient (Wildman–Crippen LogP) is 3.75. The molecule has 0 aliphatic carbocycles. The van der Waals surface area contributed by atoms with Gasteiger partial charge in [0.1, 0.15) is 16.9 Å². The fourth-order valence-corrected chi connectivity index (χ4v) is 4.31. The first-order valence-corrected chi connectivity index (χ1v) is 11.1. The van der Waals surface area contributed by atoms with Crippen LogP contribution in [-0.2, 0) is 25.7 Å². The summed E-state index contributed by atoms with van der Waals surface area (Å²) in [6.45, 7) is 5.87. The quantitative estimate of drug-likeness (QED) is 0.365. The monoisotopic (exact) mass is 456 g/mol. The van der Waals surface area contributed by atoms with Crippen LogP contribution in [0.4, 0.5) is 0 Å². The Morgan fingerprint density at radius 2 is 1.85 bits per heavy atom. The summed E-state index contributed by atoms with van der Waals surface area (Å²) in [5.74, 6) is -1.24. The van der Waals surface area contributed by atoms with Gasteiger partial charge in [0, 0.05) is 47.0 Å². The topological polar surface area (TPSA) is 95.2 Å². The number of ether oxygens (including phenoxy) is 1. The van der Waals surface area contributed by atoms with Crippen molar-refractivity contribution in [3.8, 4) is 0 Å². The van der Waals surface area contributed by atoms with Crippen molar-refractivity contribution in [2.75, 3.05) is 0 Å². The van der Waals surface area contributed by atoms with E-state index in [0.29, 0.717) is 17.8 Å². The van der Waals surface area contributed by atoms with Crippen LogP contribution in [0.2, 0.25) is 0 Å². The van der Waals surface area contributed by atoms with E-state index < -0.39 is 17.4 Å². The summed E-state index contributed by atoms with van der Waals surface area (Å²) in [7, 11) is 0. The van der Waals surface area contributed by atoms with Gasteiger partial charge in [-0.15, -0.1) is 0 Å². The number of pyridine rings is 1. The normalized spacial score (nSPS) is 14.3. The molecule has 1 aromatic carbocycles. The lowest BCUT2D eigenvalue weighted by atomic mass is 10.0.